The highest BCUT2D eigenvalue weighted by Crippen LogP contribution is 2.60. The fraction of sp³-hybridized carbons (Fsp3) is 0.714. The molecule has 0 amide bonds. The van der Waals surface area contributed by atoms with Crippen molar-refractivity contribution in [1.29, 1.82) is 0 Å². The third-order valence-electron chi connectivity index (χ3n) is 7.36. The van der Waals surface area contributed by atoms with Crippen molar-refractivity contribution in [3.63, 3.8) is 0 Å². The van der Waals surface area contributed by atoms with Crippen molar-refractivity contribution < 1.29 is 38.8 Å². The lowest BCUT2D eigenvalue weighted by Crippen LogP contribution is -2.63. The molecule has 4 N–H and O–H groups in total. The van der Waals surface area contributed by atoms with Gasteiger partial charge < -0.3 is 20.4 Å². The zero-order valence-electron chi connectivity index (χ0n) is 16.5. The number of fused-ring (bicyclic) bond motifs is 3. The van der Waals surface area contributed by atoms with Crippen LogP contribution in [0.15, 0.2) is 23.8 Å². The second-order valence-electron chi connectivity index (χ2n) is 8.90. The van der Waals surface area contributed by atoms with Gasteiger partial charge in [0.1, 0.15) is 12.8 Å². The normalized spacial score (nSPS) is 47.9. The summed E-state index contributed by atoms with van der Waals surface area (Å²) in [5, 5.41) is 41.4. The molecule has 0 aliphatic heterocycles. The first kappa shape index (κ1) is 22.2. The number of ketones is 2. The standard InChI is InChI=1S/C21H28F2O6/c1-11-7-17(27)20(29,18(28)10-24)6-4-16(26)21(23)13(11)9-15(22)14-8-12(25)3-5-19(14,21)2/h3,5,8,11,13,15-17,24,26-27,29H,4,6-7,9-10H2,1-2H3/t11-,13-,15-,16-,17+,19-,20-,21-/m0/s1. The zero-order chi connectivity index (χ0) is 21.8. The number of Topliss-reactive ketones (excluding diaryl/α,β-unsaturated/α-hetero) is 1. The number of halogens is 2. The molecule has 29 heavy (non-hydrogen) atoms. The van der Waals surface area contributed by atoms with Gasteiger partial charge in [0.25, 0.3) is 0 Å². The van der Waals surface area contributed by atoms with E-state index in [-0.39, 0.29) is 24.8 Å². The van der Waals surface area contributed by atoms with E-state index in [1.165, 1.54) is 13.0 Å². The van der Waals surface area contributed by atoms with Crippen LogP contribution in [0.3, 0.4) is 0 Å². The summed E-state index contributed by atoms with van der Waals surface area (Å²) in [4.78, 5) is 23.9. The third kappa shape index (κ3) is 3.12. The number of aliphatic hydroxyl groups excluding tert-OH is 3. The lowest BCUT2D eigenvalue weighted by atomic mass is 9.51. The monoisotopic (exact) mass is 414 g/mol. The van der Waals surface area contributed by atoms with Gasteiger partial charge in [-0.1, -0.05) is 13.0 Å². The van der Waals surface area contributed by atoms with Gasteiger partial charge in [0.2, 0.25) is 0 Å². The Bertz CT molecular complexity index is 766. The molecule has 3 aliphatic carbocycles. The molecule has 3 aliphatic rings. The molecule has 8 heteroatoms. The van der Waals surface area contributed by atoms with Crippen LogP contribution < -0.4 is 0 Å². The van der Waals surface area contributed by atoms with E-state index in [1.807, 2.05) is 0 Å². The highest BCUT2D eigenvalue weighted by molar-refractivity contribution is 6.01. The lowest BCUT2D eigenvalue weighted by Gasteiger charge is -2.56. The van der Waals surface area contributed by atoms with Crippen LogP contribution in [0.2, 0.25) is 0 Å². The van der Waals surface area contributed by atoms with Crippen LogP contribution in [0.5, 0.6) is 0 Å². The van der Waals surface area contributed by atoms with E-state index in [2.05, 4.69) is 0 Å². The molecule has 2 fully saturated rings. The van der Waals surface area contributed by atoms with Crippen LogP contribution in [-0.4, -0.2) is 68.2 Å². The molecule has 3 rings (SSSR count). The number of alkyl halides is 2. The minimum atomic E-state index is -2.38. The summed E-state index contributed by atoms with van der Waals surface area (Å²) in [5.41, 5.74) is -6.34. The van der Waals surface area contributed by atoms with E-state index in [0.29, 0.717) is 0 Å². The van der Waals surface area contributed by atoms with Gasteiger partial charge in [0, 0.05) is 11.3 Å². The Hall–Kier alpha value is -1.48. The third-order valence-corrected chi connectivity index (χ3v) is 7.36. The predicted molar refractivity (Wildman–Crippen MR) is 99.3 cm³/mol. The van der Waals surface area contributed by atoms with Crippen LogP contribution in [0, 0.1) is 17.3 Å². The van der Waals surface area contributed by atoms with E-state index >= 15 is 8.78 Å². The second-order valence-corrected chi connectivity index (χ2v) is 8.90. The van der Waals surface area contributed by atoms with Crippen LogP contribution in [0.25, 0.3) is 0 Å². The maximum atomic E-state index is 16.8. The Morgan fingerprint density at radius 1 is 1.28 bits per heavy atom. The van der Waals surface area contributed by atoms with E-state index in [4.69, 9.17) is 0 Å². The molecule has 8 atom stereocenters. The molecule has 0 saturated heterocycles. The highest BCUT2D eigenvalue weighted by Gasteiger charge is 2.66. The summed E-state index contributed by atoms with van der Waals surface area (Å²) in [6, 6.07) is 0. The van der Waals surface area contributed by atoms with E-state index in [9.17, 15) is 30.0 Å². The smallest absolute Gasteiger partial charge is 0.192 e. The maximum absolute atomic E-state index is 16.8. The minimum Gasteiger partial charge on any atom is -0.390 e. The molecular weight excluding hydrogens is 386 g/mol. The Kier molecular flexibility index (Phi) is 5.62. The van der Waals surface area contributed by atoms with E-state index in [0.717, 1.165) is 12.2 Å². The second kappa shape index (κ2) is 7.34. The summed E-state index contributed by atoms with van der Waals surface area (Å²) < 4.78 is 31.9. The number of hydrogen-bond acceptors (Lipinski definition) is 6. The Balaban J connectivity index is 2.11. The van der Waals surface area contributed by atoms with Crippen LogP contribution >= 0.6 is 0 Å². The van der Waals surface area contributed by atoms with Crippen LogP contribution in [0.1, 0.15) is 39.5 Å². The number of carbonyl (C=O) groups excluding carboxylic acids is 2. The van der Waals surface area contributed by atoms with Crippen LogP contribution in [-0.2, 0) is 9.59 Å². The molecule has 6 nitrogen and oxygen atoms in total. The fourth-order valence-corrected chi connectivity index (χ4v) is 5.51. The zero-order valence-corrected chi connectivity index (χ0v) is 16.5. The van der Waals surface area contributed by atoms with Gasteiger partial charge in [-0.3, -0.25) is 9.59 Å². The molecule has 0 radical (unpaired) electrons. The van der Waals surface area contributed by atoms with Gasteiger partial charge >= 0.3 is 0 Å². The Morgan fingerprint density at radius 2 is 1.93 bits per heavy atom. The highest BCUT2D eigenvalue weighted by atomic mass is 19.1. The SMILES string of the molecule is C[C@H]1C[C@@H](O)[C@](O)(C(=O)CO)CC[C@H](O)[C@@]2(F)[C@H]1C[C@H](F)C1=CC(=O)C=C[C@@]12C. The quantitative estimate of drug-likeness (QED) is 0.535. The van der Waals surface area contributed by atoms with Crippen molar-refractivity contribution in [2.24, 2.45) is 17.3 Å². The molecule has 0 unspecified atom stereocenters. The number of hydrogen-bond donors (Lipinski definition) is 4. The molecule has 0 aromatic heterocycles. The van der Waals surface area contributed by atoms with Crippen molar-refractivity contribution in [3.8, 4) is 0 Å². The first-order valence-electron chi connectivity index (χ1n) is 9.92. The molecule has 0 bridgehead atoms. The summed E-state index contributed by atoms with van der Waals surface area (Å²) in [6.45, 7) is 2.01. The molecule has 0 aromatic rings. The van der Waals surface area contributed by atoms with Gasteiger partial charge in [-0.25, -0.2) is 8.78 Å². The summed E-state index contributed by atoms with van der Waals surface area (Å²) in [7, 11) is 0. The predicted octanol–water partition coefficient (Wildman–Crippen LogP) is 0.959. The molecular formula is C21H28F2O6. The average molecular weight is 414 g/mol. The molecule has 0 spiro atoms. The number of carbonyl (C=O) groups is 2. The maximum Gasteiger partial charge on any atom is 0.192 e. The summed E-state index contributed by atoms with van der Waals surface area (Å²) in [6.07, 6.45) is -2.73. The van der Waals surface area contributed by atoms with Gasteiger partial charge in [-0.15, -0.1) is 0 Å². The van der Waals surface area contributed by atoms with Gasteiger partial charge in [-0.05, 0) is 56.3 Å². The number of rotatable bonds is 2. The van der Waals surface area contributed by atoms with Crippen molar-refractivity contribution in [3.05, 3.63) is 23.8 Å². The topological polar surface area (TPSA) is 115 Å². The van der Waals surface area contributed by atoms with Gasteiger partial charge in [-0.2, -0.15) is 0 Å². The molecule has 0 aromatic carbocycles. The first-order valence-corrected chi connectivity index (χ1v) is 9.92. The fourth-order valence-electron chi connectivity index (χ4n) is 5.51. The molecule has 162 valence electrons. The summed E-state index contributed by atoms with van der Waals surface area (Å²) in [5.74, 6) is -3.20. The Labute approximate surface area is 167 Å². The van der Waals surface area contributed by atoms with Crippen molar-refractivity contribution >= 4 is 11.6 Å². The minimum absolute atomic E-state index is 0.0310. The van der Waals surface area contributed by atoms with Crippen molar-refractivity contribution in [2.75, 3.05) is 6.61 Å². The van der Waals surface area contributed by atoms with Crippen LogP contribution in [0.4, 0.5) is 8.78 Å². The number of allylic oxidation sites excluding steroid dienone is 4. The van der Waals surface area contributed by atoms with Crippen molar-refractivity contribution in [1.82, 2.24) is 0 Å². The molecule has 0 heterocycles. The van der Waals surface area contributed by atoms with E-state index < -0.39 is 71.5 Å². The van der Waals surface area contributed by atoms with E-state index in [1.54, 1.807) is 6.92 Å². The van der Waals surface area contributed by atoms with Gasteiger partial charge in [0.15, 0.2) is 22.8 Å². The van der Waals surface area contributed by atoms with Crippen molar-refractivity contribution in [2.45, 2.75) is 69.2 Å². The number of aliphatic hydroxyl groups is 4. The molecule has 2 saturated carbocycles. The lowest BCUT2D eigenvalue weighted by molar-refractivity contribution is -0.157. The first-order chi connectivity index (χ1) is 13.4. The van der Waals surface area contributed by atoms with Gasteiger partial charge in [0.05, 0.1) is 12.2 Å². The Morgan fingerprint density at radius 3 is 2.55 bits per heavy atom. The summed E-state index contributed by atoms with van der Waals surface area (Å²) >= 11 is 0. The average Bonchev–Trinajstić information content (AvgIpc) is 2.70. The largest absolute Gasteiger partial charge is 0.390 e.